The Morgan fingerprint density at radius 1 is 1.09 bits per heavy atom. The maximum absolute atomic E-state index is 12.4. The van der Waals surface area contributed by atoms with Crippen LogP contribution in [0, 0.1) is 10.8 Å². The van der Waals surface area contributed by atoms with Gasteiger partial charge in [0.2, 0.25) is 5.88 Å². The lowest BCUT2D eigenvalue weighted by atomic mass is 9.65. The van der Waals surface area contributed by atoms with Crippen LogP contribution in [0.25, 0.3) is 10.9 Å². The third-order valence-electron chi connectivity index (χ3n) is 7.41. The number of nitrogens with one attached hydrogen (secondary N) is 1. The van der Waals surface area contributed by atoms with Crippen molar-refractivity contribution in [2.24, 2.45) is 21.1 Å². The first kappa shape index (κ1) is 21.8. The van der Waals surface area contributed by atoms with E-state index in [1.165, 1.54) is 24.2 Å². The van der Waals surface area contributed by atoms with E-state index in [4.69, 9.17) is 0 Å². The van der Waals surface area contributed by atoms with Crippen molar-refractivity contribution in [3.05, 3.63) is 60.2 Å². The summed E-state index contributed by atoms with van der Waals surface area (Å²) in [5, 5.41) is 20.1. The average molecular weight is 446 g/mol. The van der Waals surface area contributed by atoms with E-state index in [0.717, 1.165) is 23.0 Å². The first-order chi connectivity index (χ1) is 15.7. The fourth-order valence-electron chi connectivity index (χ4n) is 6.58. The topological polar surface area (TPSA) is 71.4 Å². The molecule has 2 bridgehead atoms. The fraction of sp³-hybridized carbons (Fsp3) is 0.444. The standard InChI is InChI=1S/C27H32N4O2/c1-26(2)14-20-15-27(3,16-26)17-30(20)18-31-22-12-8-7-11-21(22)24(25(31)33)29-28-23(32)13-19-9-5-4-6-10-19/h4-12,20,33H,13-18H2,1-3H3/p+1/t20-,27-/m0/s1. The van der Waals surface area contributed by atoms with Crippen molar-refractivity contribution in [1.29, 1.82) is 0 Å². The molecule has 6 heteroatoms. The highest BCUT2D eigenvalue weighted by atomic mass is 16.3. The molecule has 1 aliphatic carbocycles. The minimum absolute atomic E-state index is 0.0887. The normalized spacial score (nSPS) is 26.3. The number of nitrogens with zero attached hydrogens (tertiary/aromatic N) is 3. The van der Waals surface area contributed by atoms with Crippen LogP contribution in [-0.4, -0.2) is 28.2 Å². The van der Waals surface area contributed by atoms with Crippen molar-refractivity contribution in [3.63, 3.8) is 0 Å². The van der Waals surface area contributed by atoms with E-state index in [1.54, 1.807) is 0 Å². The number of hydrogen-bond donors (Lipinski definition) is 2. The number of rotatable bonds is 5. The van der Waals surface area contributed by atoms with Gasteiger partial charge in [0.05, 0.1) is 24.5 Å². The van der Waals surface area contributed by atoms with Crippen molar-refractivity contribution in [1.82, 2.24) is 4.57 Å². The van der Waals surface area contributed by atoms with Crippen molar-refractivity contribution in [2.45, 2.75) is 59.2 Å². The van der Waals surface area contributed by atoms with E-state index in [9.17, 15) is 9.90 Å². The Kier molecular flexibility index (Phi) is 5.36. The molecule has 172 valence electrons. The van der Waals surface area contributed by atoms with Crippen LogP contribution < -0.4 is 4.90 Å². The summed E-state index contributed by atoms with van der Waals surface area (Å²) >= 11 is 0. The SMILES string of the molecule is CC1(C)C[C@H]2C[C@](C)(C[NH+]2Cn2c(O)c(N=NC(=O)Cc3ccccc3)c3ccccc32)C1. The van der Waals surface area contributed by atoms with Crippen LogP contribution in [0.2, 0.25) is 0 Å². The van der Waals surface area contributed by atoms with Crippen LogP contribution in [0.3, 0.4) is 0 Å². The number of fused-ring (bicyclic) bond motifs is 3. The van der Waals surface area contributed by atoms with Crippen LogP contribution in [0.1, 0.15) is 45.6 Å². The second kappa shape index (κ2) is 8.10. The Morgan fingerprint density at radius 2 is 1.82 bits per heavy atom. The molecule has 2 fully saturated rings. The molecule has 0 spiro atoms. The smallest absolute Gasteiger partial charge is 0.269 e. The highest BCUT2D eigenvalue weighted by Gasteiger charge is 2.52. The van der Waals surface area contributed by atoms with Crippen molar-refractivity contribution in [2.75, 3.05) is 6.54 Å². The van der Waals surface area contributed by atoms with Gasteiger partial charge in [-0.25, -0.2) is 0 Å². The lowest BCUT2D eigenvalue weighted by Crippen LogP contribution is -3.13. The Bertz CT molecular complexity index is 1210. The molecular weight excluding hydrogens is 412 g/mol. The molecular formula is C27H33N4O2+. The van der Waals surface area contributed by atoms with Gasteiger partial charge in [0.1, 0.15) is 0 Å². The van der Waals surface area contributed by atoms with Gasteiger partial charge in [0.25, 0.3) is 5.91 Å². The molecule has 0 radical (unpaired) electrons. The van der Waals surface area contributed by atoms with E-state index in [0.29, 0.717) is 29.2 Å². The number of quaternary nitrogens is 1. The predicted octanol–water partition coefficient (Wildman–Crippen LogP) is 4.64. The predicted molar refractivity (Wildman–Crippen MR) is 129 cm³/mol. The molecule has 2 heterocycles. The first-order valence-electron chi connectivity index (χ1n) is 11.9. The van der Waals surface area contributed by atoms with E-state index >= 15 is 0 Å². The van der Waals surface area contributed by atoms with Gasteiger partial charge >= 0.3 is 0 Å². The molecule has 1 saturated heterocycles. The minimum Gasteiger partial charge on any atom is -0.493 e. The molecule has 1 unspecified atom stereocenters. The molecule has 2 N–H and O–H groups in total. The highest BCUT2D eigenvalue weighted by molar-refractivity contribution is 5.95. The first-order valence-corrected chi connectivity index (χ1v) is 11.9. The maximum Gasteiger partial charge on any atom is 0.269 e. The summed E-state index contributed by atoms with van der Waals surface area (Å²) in [6.45, 7) is 8.98. The minimum atomic E-state index is -0.327. The number of likely N-dealkylation sites (tertiary alicyclic amines) is 1. The fourth-order valence-corrected chi connectivity index (χ4v) is 6.58. The zero-order valence-electron chi connectivity index (χ0n) is 19.7. The van der Waals surface area contributed by atoms with Crippen molar-refractivity contribution >= 4 is 22.5 Å². The van der Waals surface area contributed by atoms with Crippen LogP contribution in [0.15, 0.2) is 64.8 Å². The molecule has 3 aromatic rings. The van der Waals surface area contributed by atoms with Crippen molar-refractivity contribution in [3.8, 4) is 5.88 Å². The number of carbonyl (C=O) groups excluding carboxylic acids is 1. The van der Waals surface area contributed by atoms with Gasteiger partial charge in [0, 0.05) is 23.6 Å². The zero-order chi connectivity index (χ0) is 23.2. The molecule has 3 atom stereocenters. The number of carbonyl (C=O) groups is 1. The summed E-state index contributed by atoms with van der Waals surface area (Å²) < 4.78 is 1.96. The monoisotopic (exact) mass is 445 g/mol. The third kappa shape index (κ3) is 4.32. The van der Waals surface area contributed by atoms with Crippen LogP contribution in [0.5, 0.6) is 5.88 Å². The van der Waals surface area contributed by atoms with Gasteiger partial charge < -0.3 is 10.0 Å². The molecule has 2 aromatic carbocycles. The quantitative estimate of drug-likeness (QED) is 0.562. The van der Waals surface area contributed by atoms with E-state index in [2.05, 4.69) is 31.0 Å². The summed E-state index contributed by atoms with van der Waals surface area (Å²) in [4.78, 5) is 13.9. The largest absolute Gasteiger partial charge is 0.493 e. The lowest BCUT2D eigenvalue weighted by molar-refractivity contribution is -0.936. The van der Waals surface area contributed by atoms with E-state index in [1.807, 2.05) is 59.2 Å². The van der Waals surface area contributed by atoms with Gasteiger partial charge in [-0.2, -0.15) is 0 Å². The van der Waals surface area contributed by atoms with Gasteiger partial charge in [-0.3, -0.25) is 9.36 Å². The van der Waals surface area contributed by atoms with E-state index < -0.39 is 0 Å². The van der Waals surface area contributed by atoms with Crippen LogP contribution >= 0.6 is 0 Å². The zero-order valence-corrected chi connectivity index (χ0v) is 19.7. The molecule has 1 aromatic heterocycles. The summed E-state index contributed by atoms with van der Waals surface area (Å²) in [5.41, 5.74) is 2.91. The van der Waals surface area contributed by atoms with Gasteiger partial charge in [0.15, 0.2) is 12.4 Å². The Balaban J connectivity index is 1.42. The summed E-state index contributed by atoms with van der Waals surface area (Å²) in [6.07, 6.45) is 3.89. The Labute approximate surface area is 194 Å². The van der Waals surface area contributed by atoms with E-state index in [-0.39, 0.29) is 18.2 Å². The second-order valence-corrected chi connectivity index (χ2v) is 11.1. The average Bonchev–Trinajstić information content (AvgIpc) is 3.16. The molecule has 2 aliphatic rings. The Morgan fingerprint density at radius 3 is 2.61 bits per heavy atom. The molecule has 33 heavy (non-hydrogen) atoms. The lowest BCUT2D eigenvalue weighted by Gasteiger charge is -2.37. The van der Waals surface area contributed by atoms with Gasteiger partial charge in [-0.05, 0) is 23.5 Å². The summed E-state index contributed by atoms with van der Waals surface area (Å²) in [7, 11) is 0. The molecule has 5 rings (SSSR count). The maximum atomic E-state index is 12.4. The summed E-state index contributed by atoms with van der Waals surface area (Å²) in [6, 6.07) is 17.9. The number of aromatic nitrogens is 1. The number of para-hydroxylation sites is 1. The number of aromatic hydroxyl groups is 1. The highest BCUT2D eigenvalue weighted by Crippen LogP contribution is 2.47. The number of amides is 1. The molecule has 6 nitrogen and oxygen atoms in total. The van der Waals surface area contributed by atoms with Crippen LogP contribution in [0.4, 0.5) is 5.69 Å². The van der Waals surface area contributed by atoms with Crippen LogP contribution in [-0.2, 0) is 17.9 Å². The number of benzene rings is 2. The Hall–Kier alpha value is -2.99. The van der Waals surface area contributed by atoms with Crippen molar-refractivity contribution < 1.29 is 14.8 Å². The molecule has 1 amide bonds. The second-order valence-electron chi connectivity index (χ2n) is 11.1. The number of azo groups is 1. The summed E-state index contributed by atoms with van der Waals surface area (Å²) in [5.74, 6) is -0.239. The van der Waals surface area contributed by atoms with Gasteiger partial charge in [-0.1, -0.05) is 69.3 Å². The van der Waals surface area contributed by atoms with Gasteiger partial charge in [-0.15, -0.1) is 10.2 Å². The number of hydrogen-bond acceptors (Lipinski definition) is 3. The molecule has 1 saturated carbocycles. The third-order valence-corrected chi connectivity index (χ3v) is 7.41. The molecule has 1 aliphatic heterocycles.